The van der Waals surface area contributed by atoms with Crippen LogP contribution in [0.1, 0.15) is 22.6 Å². The summed E-state index contributed by atoms with van der Waals surface area (Å²) in [5.41, 5.74) is 7.67. The lowest BCUT2D eigenvalue weighted by molar-refractivity contribution is -0.192. The molecule has 4 aromatic rings. The van der Waals surface area contributed by atoms with Crippen molar-refractivity contribution in [2.75, 3.05) is 0 Å². The number of benzene rings is 2. The van der Waals surface area contributed by atoms with Crippen LogP contribution in [0.3, 0.4) is 0 Å². The zero-order valence-corrected chi connectivity index (χ0v) is 17.6. The van der Waals surface area contributed by atoms with E-state index in [4.69, 9.17) is 14.9 Å². The summed E-state index contributed by atoms with van der Waals surface area (Å²) < 4.78 is 33.9. The monoisotopic (exact) mass is 444 g/mol. The summed E-state index contributed by atoms with van der Waals surface area (Å²) in [4.78, 5) is 17.3. The third kappa shape index (κ3) is 4.34. The van der Waals surface area contributed by atoms with Gasteiger partial charge in [0.05, 0.1) is 17.6 Å². The molecule has 1 aliphatic carbocycles. The highest BCUT2D eigenvalue weighted by molar-refractivity contribution is 5.85. The van der Waals surface area contributed by atoms with E-state index in [0.717, 1.165) is 30.7 Å². The van der Waals surface area contributed by atoms with E-state index in [9.17, 15) is 13.2 Å². The van der Waals surface area contributed by atoms with Crippen LogP contribution in [-0.2, 0) is 31.2 Å². The molecule has 9 heteroatoms. The summed E-state index contributed by atoms with van der Waals surface area (Å²) in [5.74, 6) is -1.66. The topological polar surface area (TPSA) is 82.9 Å². The van der Waals surface area contributed by atoms with E-state index in [1.54, 1.807) is 0 Å². The number of aliphatic carboxylic acids is 1. The molecule has 0 saturated carbocycles. The predicted octanol–water partition coefficient (Wildman–Crippen LogP) is 4.25. The fourth-order valence-electron chi connectivity index (χ4n) is 4.13. The molecule has 6 nitrogen and oxygen atoms in total. The molecule has 0 amide bonds. The van der Waals surface area contributed by atoms with Gasteiger partial charge in [-0.3, -0.25) is 0 Å². The number of fused-ring (bicyclic) bond motifs is 4. The molecule has 0 fully saturated rings. The van der Waals surface area contributed by atoms with Crippen molar-refractivity contribution < 1.29 is 23.1 Å². The van der Waals surface area contributed by atoms with Crippen molar-refractivity contribution in [1.29, 1.82) is 0 Å². The largest absolute Gasteiger partial charge is 0.490 e. The SMILES string of the molecule is Cc1ccc2c(c1)nc(CNC1Cc3[nH]c4ccccc4c3C1)n2C.O=C(O)C(F)(F)F. The molecule has 0 saturated heterocycles. The first kappa shape index (κ1) is 21.9. The van der Waals surface area contributed by atoms with Gasteiger partial charge in [0.1, 0.15) is 5.82 Å². The lowest BCUT2D eigenvalue weighted by atomic mass is 10.1. The van der Waals surface area contributed by atoms with Gasteiger partial charge in [-0.25, -0.2) is 9.78 Å². The summed E-state index contributed by atoms with van der Waals surface area (Å²) in [6, 6.07) is 15.6. The molecule has 2 heterocycles. The summed E-state index contributed by atoms with van der Waals surface area (Å²) in [5, 5.41) is 12.2. The minimum atomic E-state index is -5.08. The molecule has 0 aliphatic heterocycles. The number of imidazole rings is 1. The average molecular weight is 444 g/mol. The number of nitrogens with zero attached hydrogens (tertiary/aromatic N) is 2. The number of aryl methyl sites for hydroxylation is 2. The van der Waals surface area contributed by atoms with E-state index in [1.807, 2.05) is 0 Å². The third-order valence-electron chi connectivity index (χ3n) is 5.72. The number of hydrogen-bond donors (Lipinski definition) is 3. The smallest absolute Gasteiger partial charge is 0.475 e. The van der Waals surface area contributed by atoms with Gasteiger partial charge >= 0.3 is 12.1 Å². The maximum absolute atomic E-state index is 10.6. The molecule has 5 rings (SSSR count). The Morgan fingerprint density at radius 1 is 1.25 bits per heavy atom. The number of aromatic nitrogens is 3. The first-order valence-electron chi connectivity index (χ1n) is 10.2. The van der Waals surface area contributed by atoms with E-state index in [2.05, 4.69) is 71.3 Å². The molecule has 0 radical (unpaired) electrons. The van der Waals surface area contributed by atoms with Gasteiger partial charge in [-0.1, -0.05) is 24.3 Å². The number of nitrogens with one attached hydrogen (secondary N) is 2. The first-order chi connectivity index (χ1) is 15.1. The number of carbonyl (C=O) groups is 1. The Bertz CT molecular complexity index is 1290. The highest BCUT2D eigenvalue weighted by Gasteiger charge is 2.38. The normalized spacial score (nSPS) is 15.6. The second kappa shape index (κ2) is 8.31. The highest BCUT2D eigenvalue weighted by atomic mass is 19.4. The predicted molar refractivity (Wildman–Crippen MR) is 115 cm³/mol. The molecule has 32 heavy (non-hydrogen) atoms. The summed E-state index contributed by atoms with van der Waals surface area (Å²) in [6.07, 6.45) is -2.94. The number of rotatable bonds is 3. The Hall–Kier alpha value is -3.33. The van der Waals surface area contributed by atoms with E-state index >= 15 is 0 Å². The van der Waals surface area contributed by atoms with Gasteiger partial charge in [0.2, 0.25) is 0 Å². The van der Waals surface area contributed by atoms with Gasteiger partial charge in [0, 0.05) is 36.1 Å². The lowest BCUT2D eigenvalue weighted by Gasteiger charge is -2.12. The third-order valence-corrected chi connectivity index (χ3v) is 5.72. The Kier molecular flexibility index (Phi) is 5.68. The van der Waals surface area contributed by atoms with Crippen LogP contribution in [0.25, 0.3) is 21.9 Å². The van der Waals surface area contributed by atoms with Crippen LogP contribution >= 0.6 is 0 Å². The van der Waals surface area contributed by atoms with Crippen molar-refractivity contribution in [3.63, 3.8) is 0 Å². The van der Waals surface area contributed by atoms with Crippen LogP contribution in [0, 0.1) is 6.92 Å². The molecule has 1 unspecified atom stereocenters. The molecular weight excluding hydrogens is 421 g/mol. The molecule has 1 aliphatic rings. The van der Waals surface area contributed by atoms with Crippen molar-refractivity contribution in [2.24, 2.45) is 7.05 Å². The second-order valence-corrected chi connectivity index (χ2v) is 8.00. The maximum atomic E-state index is 10.6. The first-order valence-corrected chi connectivity index (χ1v) is 10.2. The molecule has 2 aromatic heterocycles. The van der Waals surface area contributed by atoms with Crippen LogP contribution in [0.15, 0.2) is 42.5 Å². The standard InChI is InChI=1S/C21H22N4.C2HF3O2/c1-13-7-8-20-19(9-13)24-21(25(20)2)12-22-14-10-16-15-5-3-4-6-17(15)23-18(16)11-14;3-2(4,5)1(6)7/h3-9,14,22-23H,10-12H2,1-2H3;(H,6,7). The van der Waals surface area contributed by atoms with Crippen molar-refractivity contribution in [1.82, 2.24) is 19.9 Å². The molecule has 0 spiro atoms. The van der Waals surface area contributed by atoms with Crippen molar-refractivity contribution in [2.45, 2.75) is 38.5 Å². The van der Waals surface area contributed by atoms with Crippen LogP contribution in [0.2, 0.25) is 0 Å². The molecular formula is C23H23F3N4O2. The second-order valence-electron chi connectivity index (χ2n) is 8.00. The number of carboxylic acids is 1. The summed E-state index contributed by atoms with van der Waals surface area (Å²) in [7, 11) is 2.10. The fraction of sp³-hybridized carbons (Fsp3) is 0.304. The van der Waals surface area contributed by atoms with Gasteiger partial charge in [-0.2, -0.15) is 13.2 Å². The number of carboxylic acid groups (broad SMARTS) is 1. The van der Waals surface area contributed by atoms with Gasteiger partial charge in [-0.15, -0.1) is 0 Å². The van der Waals surface area contributed by atoms with E-state index < -0.39 is 12.1 Å². The number of H-pyrrole nitrogens is 1. The molecule has 2 aromatic carbocycles. The Balaban J connectivity index is 0.000000307. The van der Waals surface area contributed by atoms with Crippen LogP contribution in [-0.4, -0.2) is 37.8 Å². The van der Waals surface area contributed by atoms with Gasteiger partial charge in [0.15, 0.2) is 0 Å². The Morgan fingerprint density at radius 2 is 1.97 bits per heavy atom. The lowest BCUT2D eigenvalue weighted by Crippen LogP contribution is -2.30. The van der Waals surface area contributed by atoms with Crippen molar-refractivity contribution >= 4 is 27.9 Å². The van der Waals surface area contributed by atoms with Crippen LogP contribution in [0.4, 0.5) is 13.2 Å². The average Bonchev–Trinajstić information content (AvgIpc) is 3.37. The highest BCUT2D eigenvalue weighted by Crippen LogP contribution is 2.30. The Labute approximate surface area is 182 Å². The molecule has 0 bridgehead atoms. The number of aromatic amines is 1. The number of alkyl halides is 3. The van der Waals surface area contributed by atoms with Gasteiger partial charge < -0.3 is 20.0 Å². The quantitative estimate of drug-likeness (QED) is 0.441. The summed E-state index contributed by atoms with van der Waals surface area (Å²) >= 11 is 0. The number of hydrogen-bond acceptors (Lipinski definition) is 3. The molecule has 3 N–H and O–H groups in total. The number of halogens is 3. The van der Waals surface area contributed by atoms with Crippen molar-refractivity contribution in [3.8, 4) is 0 Å². The number of para-hydroxylation sites is 1. The van der Waals surface area contributed by atoms with Crippen molar-refractivity contribution in [3.05, 3.63) is 65.1 Å². The minimum Gasteiger partial charge on any atom is -0.475 e. The van der Waals surface area contributed by atoms with E-state index in [-0.39, 0.29) is 0 Å². The maximum Gasteiger partial charge on any atom is 0.490 e. The van der Waals surface area contributed by atoms with Gasteiger partial charge in [0.25, 0.3) is 0 Å². The Morgan fingerprint density at radius 3 is 2.69 bits per heavy atom. The van der Waals surface area contributed by atoms with Crippen LogP contribution in [0.5, 0.6) is 0 Å². The van der Waals surface area contributed by atoms with Crippen LogP contribution < -0.4 is 5.32 Å². The zero-order valence-electron chi connectivity index (χ0n) is 17.6. The minimum absolute atomic E-state index is 0.479. The fourth-order valence-corrected chi connectivity index (χ4v) is 4.13. The molecule has 1 atom stereocenters. The van der Waals surface area contributed by atoms with E-state index in [0.29, 0.717) is 6.04 Å². The summed E-state index contributed by atoms with van der Waals surface area (Å²) in [6.45, 7) is 2.92. The molecule has 168 valence electrons. The van der Waals surface area contributed by atoms with Gasteiger partial charge in [-0.05, 0) is 42.7 Å². The zero-order chi connectivity index (χ0) is 23.0. The van der Waals surface area contributed by atoms with E-state index in [1.165, 1.54) is 33.2 Å².